The molecule has 0 spiro atoms. The molecule has 0 aliphatic heterocycles. The van der Waals surface area contributed by atoms with Crippen LogP contribution in [0.25, 0.3) is 10.8 Å². The van der Waals surface area contributed by atoms with Crippen LogP contribution in [0.15, 0.2) is 36.4 Å². The van der Waals surface area contributed by atoms with Crippen molar-refractivity contribution in [3.63, 3.8) is 0 Å². The molecule has 2 rings (SSSR count). The van der Waals surface area contributed by atoms with Gasteiger partial charge in [-0.2, -0.15) is 5.26 Å². The summed E-state index contributed by atoms with van der Waals surface area (Å²) >= 11 is 0. The SMILES string of the molecule is CC(C)(C#N)CCCOc1ccc2ccccc2c1CN. The maximum absolute atomic E-state index is 9.00. The van der Waals surface area contributed by atoms with Gasteiger partial charge < -0.3 is 10.5 Å². The molecule has 3 nitrogen and oxygen atoms in total. The van der Waals surface area contributed by atoms with E-state index in [-0.39, 0.29) is 5.41 Å². The molecular formula is C18H22N2O. The first-order chi connectivity index (χ1) is 10.1. The Balaban J connectivity index is 2.07. The molecule has 0 radical (unpaired) electrons. The zero-order valence-electron chi connectivity index (χ0n) is 12.7. The lowest BCUT2D eigenvalue weighted by Crippen LogP contribution is -2.11. The Hall–Kier alpha value is -2.05. The van der Waals surface area contributed by atoms with Gasteiger partial charge in [-0.15, -0.1) is 0 Å². The average molecular weight is 282 g/mol. The van der Waals surface area contributed by atoms with Crippen LogP contribution in [0.2, 0.25) is 0 Å². The number of hydrogen-bond donors (Lipinski definition) is 1. The van der Waals surface area contributed by atoms with Crippen molar-refractivity contribution in [2.45, 2.75) is 33.2 Å². The first kappa shape index (κ1) is 15.3. The summed E-state index contributed by atoms with van der Waals surface area (Å²) in [5.41, 5.74) is 6.65. The van der Waals surface area contributed by atoms with E-state index in [0.717, 1.165) is 29.5 Å². The third-order valence-corrected chi connectivity index (χ3v) is 3.71. The third-order valence-electron chi connectivity index (χ3n) is 3.71. The molecule has 0 heterocycles. The monoisotopic (exact) mass is 282 g/mol. The van der Waals surface area contributed by atoms with Gasteiger partial charge in [-0.3, -0.25) is 0 Å². The first-order valence-electron chi connectivity index (χ1n) is 7.32. The van der Waals surface area contributed by atoms with Gasteiger partial charge in [0.2, 0.25) is 0 Å². The van der Waals surface area contributed by atoms with Gasteiger partial charge in [-0.1, -0.05) is 30.3 Å². The molecular weight excluding hydrogens is 260 g/mol. The van der Waals surface area contributed by atoms with E-state index in [1.54, 1.807) is 0 Å². The van der Waals surface area contributed by atoms with Crippen molar-refractivity contribution < 1.29 is 4.74 Å². The normalized spacial score (nSPS) is 11.3. The number of ether oxygens (including phenoxy) is 1. The number of nitrogens with two attached hydrogens (primary N) is 1. The molecule has 2 aromatic rings. The van der Waals surface area contributed by atoms with Crippen LogP contribution in [0.4, 0.5) is 0 Å². The second-order valence-electron chi connectivity index (χ2n) is 5.92. The lowest BCUT2D eigenvalue weighted by atomic mass is 9.90. The summed E-state index contributed by atoms with van der Waals surface area (Å²) in [6.07, 6.45) is 1.69. The Morgan fingerprint density at radius 3 is 2.67 bits per heavy atom. The van der Waals surface area contributed by atoms with E-state index in [2.05, 4.69) is 24.3 Å². The van der Waals surface area contributed by atoms with Crippen LogP contribution in [0, 0.1) is 16.7 Å². The van der Waals surface area contributed by atoms with Crippen molar-refractivity contribution in [1.82, 2.24) is 0 Å². The van der Waals surface area contributed by atoms with Crippen molar-refractivity contribution in [3.05, 3.63) is 42.0 Å². The fraction of sp³-hybridized carbons (Fsp3) is 0.389. The summed E-state index contributed by atoms with van der Waals surface area (Å²) in [5, 5.41) is 11.3. The second kappa shape index (κ2) is 6.60. The van der Waals surface area contributed by atoms with Crippen LogP contribution in [-0.4, -0.2) is 6.61 Å². The van der Waals surface area contributed by atoms with Crippen molar-refractivity contribution >= 4 is 10.8 Å². The Morgan fingerprint density at radius 2 is 1.95 bits per heavy atom. The molecule has 3 heteroatoms. The number of nitrogens with zero attached hydrogens (tertiary/aromatic N) is 1. The molecule has 2 aromatic carbocycles. The Kier molecular flexibility index (Phi) is 4.82. The smallest absolute Gasteiger partial charge is 0.124 e. The van der Waals surface area contributed by atoms with Gasteiger partial charge in [0.05, 0.1) is 18.1 Å². The van der Waals surface area contributed by atoms with Gasteiger partial charge in [-0.05, 0) is 43.5 Å². The van der Waals surface area contributed by atoms with Crippen LogP contribution < -0.4 is 10.5 Å². The standard InChI is InChI=1S/C18H22N2O/c1-18(2,13-20)10-5-11-21-17-9-8-14-6-3-4-7-15(14)16(17)12-19/h3-4,6-9H,5,10-12,19H2,1-2H3. The average Bonchev–Trinajstić information content (AvgIpc) is 2.51. The van der Waals surface area contributed by atoms with E-state index in [4.69, 9.17) is 15.7 Å². The fourth-order valence-electron chi connectivity index (χ4n) is 2.41. The minimum absolute atomic E-state index is 0.288. The summed E-state index contributed by atoms with van der Waals surface area (Å²) in [6.45, 7) is 4.97. The zero-order valence-corrected chi connectivity index (χ0v) is 12.7. The summed E-state index contributed by atoms with van der Waals surface area (Å²) in [6, 6.07) is 14.5. The topological polar surface area (TPSA) is 59.0 Å². The number of hydrogen-bond acceptors (Lipinski definition) is 3. The highest BCUT2D eigenvalue weighted by molar-refractivity contribution is 5.87. The maximum atomic E-state index is 9.00. The Morgan fingerprint density at radius 1 is 1.19 bits per heavy atom. The van der Waals surface area contributed by atoms with Gasteiger partial charge in [0.15, 0.2) is 0 Å². The highest BCUT2D eigenvalue weighted by Crippen LogP contribution is 2.28. The van der Waals surface area contributed by atoms with Crippen LogP contribution in [0.1, 0.15) is 32.3 Å². The highest BCUT2D eigenvalue weighted by atomic mass is 16.5. The lowest BCUT2D eigenvalue weighted by molar-refractivity contribution is 0.282. The molecule has 21 heavy (non-hydrogen) atoms. The molecule has 0 saturated heterocycles. The molecule has 0 aromatic heterocycles. The summed E-state index contributed by atoms with van der Waals surface area (Å²) in [5.74, 6) is 0.853. The predicted octanol–water partition coefficient (Wildman–Crippen LogP) is 4.01. The van der Waals surface area contributed by atoms with Gasteiger partial charge in [0, 0.05) is 12.1 Å². The quantitative estimate of drug-likeness (QED) is 0.814. The van der Waals surface area contributed by atoms with Crippen LogP contribution in [0.5, 0.6) is 5.75 Å². The molecule has 0 fully saturated rings. The van der Waals surface area contributed by atoms with Crippen molar-refractivity contribution in [2.24, 2.45) is 11.1 Å². The molecule has 0 unspecified atom stereocenters. The van der Waals surface area contributed by atoms with Gasteiger partial charge in [-0.25, -0.2) is 0 Å². The highest BCUT2D eigenvalue weighted by Gasteiger charge is 2.16. The van der Waals surface area contributed by atoms with Gasteiger partial charge in [0.25, 0.3) is 0 Å². The molecule has 0 atom stereocenters. The molecule has 0 aliphatic carbocycles. The lowest BCUT2D eigenvalue weighted by Gasteiger charge is -2.16. The molecule has 0 bridgehead atoms. The van der Waals surface area contributed by atoms with E-state index in [1.807, 2.05) is 32.0 Å². The predicted molar refractivity (Wildman–Crippen MR) is 86.0 cm³/mol. The number of rotatable bonds is 6. The molecule has 0 saturated carbocycles. The molecule has 0 amide bonds. The Bertz CT molecular complexity index is 656. The van der Waals surface area contributed by atoms with E-state index >= 15 is 0 Å². The minimum atomic E-state index is -0.288. The van der Waals surface area contributed by atoms with Crippen molar-refractivity contribution in [3.8, 4) is 11.8 Å². The number of nitriles is 1. The largest absolute Gasteiger partial charge is 0.493 e. The maximum Gasteiger partial charge on any atom is 0.124 e. The zero-order chi connectivity index (χ0) is 15.3. The number of fused-ring (bicyclic) bond motifs is 1. The first-order valence-corrected chi connectivity index (χ1v) is 7.32. The van der Waals surface area contributed by atoms with Crippen molar-refractivity contribution in [2.75, 3.05) is 6.61 Å². The summed E-state index contributed by atoms with van der Waals surface area (Å²) in [4.78, 5) is 0. The fourth-order valence-corrected chi connectivity index (χ4v) is 2.41. The molecule has 0 aliphatic rings. The summed E-state index contributed by atoms with van der Waals surface area (Å²) in [7, 11) is 0. The van der Waals surface area contributed by atoms with Crippen LogP contribution in [-0.2, 0) is 6.54 Å². The summed E-state index contributed by atoms with van der Waals surface area (Å²) < 4.78 is 5.89. The van der Waals surface area contributed by atoms with Crippen molar-refractivity contribution in [1.29, 1.82) is 5.26 Å². The molecule has 110 valence electrons. The van der Waals surface area contributed by atoms with Gasteiger partial charge >= 0.3 is 0 Å². The molecule has 2 N–H and O–H groups in total. The van der Waals surface area contributed by atoms with E-state index in [9.17, 15) is 0 Å². The Labute approximate surface area is 126 Å². The number of benzene rings is 2. The second-order valence-corrected chi connectivity index (χ2v) is 5.92. The van der Waals surface area contributed by atoms with E-state index in [0.29, 0.717) is 13.2 Å². The van der Waals surface area contributed by atoms with Crippen LogP contribution in [0.3, 0.4) is 0 Å². The minimum Gasteiger partial charge on any atom is -0.493 e. The third kappa shape index (κ3) is 3.74. The van der Waals surface area contributed by atoms with E-state index in [1.165, 1.54) is 5.39 Å². The van der Waals surface area contributed by atoms with E-state index < -0.39 is 0 Å². The van der Waals surface area contributed by atoms with Gasteiger partial charge in [0.1, 0.15) is 5.75 Å². The van der Waals surface area contributed by atoms with Crippen LogP contribution >= 0.6 is 0 Å².